The molecule has 0 aliphatic carbocycles. The van der Waals surface area contributed by atoms with Gasteiger partial charge in [-0.2, -0.15) is 0 Å². The fraction of sp³-hybridized carbons (Fsp3) is 1.00. The summed E-state index contributed by atoms with van der Waals surface area (Å²) in [6, 6.07) is 0.177. The zero-order valence-corrected chi connectivity index (χ0v) is 8.87. The first-order valence-electron chi connectivity index (χ1n) is 5.35. The highest BCUT2D eigenvalue weighted by atomic mass is 15.1. The molecule has 1 atom stereocenters. The number of hydrogen-bond donors (Lipinski definition) is 0. The van der Waals surface area contributed by atoms with E-state index in [1.807, 2.05) is 6.92 Å². The molecule has 0 aliphatic rings. The van der Waals surface area contributed by atoms with Crippen LogP contribution in [0.25, 0.3) is 10.4 Å². The second-order valence-corrected chi connectivity index (χ2v) is 3.61. The van der Waals surface area contributed by atoms with Gasteiger partial charge in [-0.05, 0) is 12.0 Å². The Bertz CT molecular complexity index is 150. The number of hydrogen-bond acceptors (Lipinski definition) is 1. The van der Waals surface area contributed by atoms with Crippen LogP contribution in [0.5, 0.6) is 0 Å². The largest absolute Gasteiger partial charge is 0.0909 e. The van der Waals surface area contributed by atoms with Crippen LogP contribution in [0.2, 0.25) is 0 Å². The second-order valence-electron chi connectivity index (χ2n) is 3.61. The predicted octanol–water partition coefficient (Wildman–Crippen LogP) is 4.44. The van der Waals surface area contributed by atoms with Crippen molar-refractivity contribution in [1.29, 1.82) is 0 Å². The van der Waals surface area contributed by atoms with Crippen molar-refractivity contribution >= 4 is 0 Å². The van der Waals surface area contributed by atoms with Gasteiger partial charge in [-0.15, -0.1) is 0 Å². The highest BCUT2D eigenvalue weighted by molar-refractivity contribution is 4.60. The molecule has 1 unspecified atom stereocenters. The van der Waals surface area contributed by atoms with E-state index in [1.54, 1.807) is 0 Å². The predicted molar refractivity (Wildman–Crippen MR) is 56.6 cm³/mol. The van der Waals surface area contributed by atoms with Crippen LogP contribution >= 0.6 is 0 Å². The zero-order valence-electron chi connectivity index (χ0n) is 8.87. The van der Waals surface area contributed by atoms with E-state index in [2.05, 4.69) is 16.9 Å². The molecule has 0 aromatic rings. The lowest BCUT2D eigenvalue weighted by Crippen LogP contribution is -1.95. The summed E-state index contributed by atoms with van der Waals surface area (Å²) in [6.07, 6.45) is 8.86. The minimum Gasteiger partial charge on any atom is -0.0909 e. The molecular weight excluding hydrogens is 162 g/mol. The molecule has 0 rings (SSSR count). The molecule has 3 nitrogen and oxygen atoms in total. The van der Waals surface area contributed by atoms with E-state index in [1.165, 1.54) is 38.5 Å². The molecule has 0 fully saturated rings. The Morgan fingerprint density at radius 2 is 1.77 bits per heavy atom. The molecule has 0 aliphatic heterocycles. The number of nitrogens with zero attached hydrogens (tertiary/aromatic N) is 3. The maximum Gasteiger partial charge on any atom is 0.0345 e. The van der Waals surface area contributed by atoms with E-state index in [-0.39, 0.29) is 6.04 Å². The van der Waals surface area contributed by atoms with Crippen LogP contribution in [0.3, 0.4) is 0 Å². The summed E-state index contributed by atoms with van der Waals surface area (Å²) >= 11 is 0. The molecular formula is C10H21N3. The summed E-state index contributed by atoms with van der Waals surface area (Å²) in [6.45, 7) is 4.20. The molecule has 0 saturated carbocycles. The van der Waals surface area contributed by atoms with Gasteiger partial charge in [0.15, 0.2) is 0 Å². The molecule has 0 aromatic carbocycles. The topological polar surface area (TPSA) is 48.8 Å². The van der Waals surface area contributed by atoms with E-state index >= 15 is 0 Å². The van der Waals surface area contributed by atoms with Crippen LogP contribution in [0.4, 0.5) is 0 Å². The lowest BCUT2D eigenvalue weighted by atomic mass is 10.1. The van der Waals surface area contributed by atoms with E-state index < -0.39 is 0 Å². The molecule has 0 N–H and O–H groups in total. The van der Waals surface area contributed by atoms with Crippen LogP contribution < -0.4 is 0 Å². The Labute approximate surface area is 81.2 Å². The summed E-state index contributed by atoms with van der Waals surface area (Å²) in [5.74, 6) is 0. The number of azide groups is 1. The first kappa shape index (κ1) is 12.3. The number of unbranched alkanes of at least 4 members (excludes halogenated alkanes) is 5. The van der Waals surface area contributed by atoms with Crippen molar-refractivity contribution in [2.75, 3.05) is 0 Å². The molecule has 13 heavy (non-hydrogen) atoms. The van der Waals surface area contributed by atoms with Gasteiger partial charge in [0.2, 0.25) is 0 Å². The van der Waals surface area contributed by atoms with E-state index in [0.717, 1.165) is 6.42 Å². The van der Waals surface area contributed by atoms with Gasteiger partial charge < -0.3 is 0 Å². The van der Waals surface area contributed by atoms with E-state index in [4.69, 9.17) is 5.53 Å². The lowest BCUT2D eigenvalue weighted by molar-refractivity contribution is 0.553. The van der Waals surface area contributed by atoms with Gasteiger partial charge in [0.05, 0.1) is 0 Å². The van der Waals surface area contributed by atoms with Crippen molar-refractivity contribution in [3.63, 3.8) is 0 Å². The Kier molecular flexibility index (Phi) is 8.90. The average molecular weight is 183 g/mol. The van der Waals surface area contributed by atoms with Crippen molar-refractivity contribution in [1.82, 2.24) is 0 Å². The molecule has 0 radical (unpaired) electrons. The van der Waals surface area contributed by atoms with Crippen molar-refractivity contribution in [2.24, 2.45) is 5.11 Å². The molecule has 3 heteroatoms. The monoisotopic (exact) mass is 183 g/mol. The normalized spacial score (nSPS) is 12.2. The Balaban J connectivity index is 3.11. The Morgan fingerprint density at radius 1 is 1.15 bits per heavy atom. The van der Waals surface area contributed by atoms with Gasteiger partial charge in [-0.3, -0.25) is 0 Å². The highest BCUT2D eigenvalue weighted by Crippen LogP contribution is 2.09. The van der Waals surface area contributed by atoms with Gasteiger partial charge in [-0.1, -0.05) is 57.5 Å². The third-order valence-corrected chi connectivity index (χ3v) is 2.22. The minimum absolute atomic E-state index is 0.177. The van der Waals surface area contributed by atoms with Crippen molar-refractivity contribution in [2.45, 2.75) is 64.8 Å². The van der Waals surface area contributed by atoms with Gasteiger partial charge in [0.25, 0.3) is 0 Å². The van der Waals surface area contributed by atoms with Gasteiger partial charge in [-0.25, -0.2) is 0 Å². The molecule has 0 spiro atoms. The van der Waals surface area contributed by atoms with Gasteiger partial charge in [0, 0.05) is 11.0 Å². The van der Waals surface area contributed by atoms with Crippen molar-refractivity contribution < 1.29 is 0 Å². The van der Waals surface area contributed by atoms with Crippen molar-refractivity contribution in [3.8, 4) is 0 Å². The maximum absolute atomic E-state index is 8.17. The Hall–Kier alpha value is -0.690. The first-order valence-corrected chi connectivity index (χ1v) is 5.35. The summed E-state index contributed by atoms with van der Waals surface area (Å²) in [7, 11) is 0. The van der Waals surface area contributed by atoms with Crippen LogP contribution in [-0.4, -0.2) is 6.04 Å². The molecule has 0 saturated heterocycles. The number of rotatable bonds is 8. The quantitative estimate of drug-likeness (QED) is 0.231. The van der Waals surface area contributed by atoms with Crippen LogP contribution in [-0.2, 0) is 0 Å². The average Bonchev–Trinajstić information content (AvgIpc) is 2.11. The molecule has 0 heterocycles. The standard InChI is InChI=1S/C10H21N3/c1-3-4-5-6-7-8-9-10(2)12-13-11/h10H,3-9H2,1-2H3. The van der Waals surface area contributed by atoms with E-state index in [9.17, 15) is 0 Å². The summed E-state index contributed by atoms with van der Waals surface area (Å²) in [5, 5.41) is 3.64. The SMILES string of the molecule is CCCCCCCCC(C)N=[N+]=[N-]. The first-order chi connectivity index (χ1) is 6.31. The molecule has 0 bridgehead atoms. The zero-order chi connectivity index (χ0) is 9.94. The molecule has 0 aromatic heterocycles. The molecule has 76 valence electrons. The van der Waals surface area contributed by atoms with Crippen LogP contribution in [0, 0.1) is 0 Å². The van der Waals surface area contributed by atoms with Crippen molar-refractivity contribution in [3.05, 3.63) is 10.4 Å². The summed E-state index contributed by atoms with van der Waals surface area (Å²) in [5.41, 5.74) is 8.17. The maximum atomic E-state index is 8.17. The lowest BCUT2D eigenvalue weighted by Gasteiger charge is -2.03. The highest BCUT2D eigenvalue weighted by Gasteiger charge is 1.97. The second kappa shape index (κ2) is 9.40. The van der Waals surface area contributed by atoms with E-state index in [0.29, 0.717) is 0 Å². The fourth-order valence-corrected chi connectivity index (χ4v) is 1.37. The minimum atomic E-state index is 0.177. The van der Waals surface area contributed by atoms with Crippen LogP contribution in [0.15, 0.2) is 5.11 Å². The fourth-order valence-electron chi connectivity index (χ4n) is 1.37. The van der Waals surface area contributed by atoms with Gasteiger partial charge in [0.1, 0.15) is 0 Å². The summed E-state index contributed by atoms with van der Waals surface area (Å²) in [4.78, 5) is 2.79. The third kappa shape index (κ3) is 9.22. The summed E-state index contributed by atoms with van der Waals surface area (Å²) < 4.78 is 0. The smallest absolute Gasteiger partial charge is 0.0345 e. The third-order valence-electron chi connectivity index (χ3n) is 2.22. The Morgan fingerprint density at radius 3 is 2.38 bits per heavy atom. The molecule has 0 amide bonds. The van der Waals surface area contributed by atoms with Gasteiger partial charge >= 0.3 is 0 Å². The van der Waals surface area contributed by atoms with Crippen LogP contribution in [0.1, 0.15) is 58.8 Å².